The molecule has 0 radical (unpaired) electrons. The molecular weight excluding hydrogens is 266 g/mol. The molecule has 0 fully saturated rings. The van der Waals surface area contributed by atoms with E-state index in [4.69, 9.17) is 14.3 Å². The van der Waals surface area contributed by atoms with Crippen molar-refractivity contribution in [2.24, 2.45) is 0 Å². The van der Waals surface area contributed by atoms with Crippen molar-refractivity contribution in [1.82, 2.24) is 9.97 Å². The van der Waals surface area contributed by atoms with Crippen LogP contribution in [0.3, 0.4) is 0 Å². The molecule has 104 valence electrons. The second kappa shape index (κ2) is 5.39. The van der Waals surface area contributed by atoms with Crippen LogP contribution in [-0.4, -0.2) is 34.1 Å². The number of hydrogen-bond donors (Lipinski definition) is 2. The van der Waals surface area contributed by atoms with Gasteiger partial charge in [0.25, 0.3) is 5.91 Å². The van der Waals surface area contributed by atoms with Crippen LogP contribution in [0.15, 0.2) is 22.8 Å². The molecule has 0 aromatic carbocycles. The van der Waals surface area contributed by atoms with E-state index in [2.05, 4.69) is 15.3 Å². The van der Waals surface area contributed by atoms with Gasteiger partial charge in [-0.25, -0.2) is 9.78 Å². The van der Waals surface area contributed by atoms with E-state index in [0.29, 0.717) is 11.6 Å². The molecule has 8 nitrogen and oxygen atoms in total. The standard InChI is InChI=1S/C12H11N3O5/c1-6-3-9(19-2)14-12(13-6)15-10(16)8-4-7(5-20-8)11(17)18/h3-5H,1-2H3,(H,17,18)(H,13,14,15,16). The summed E-state index contributed by atoms with van der Waals surface area (Å²) in [6.45, 7) is 1.72. The molecule has 2 rings (SSSR count). The zero-order chi connectivity index (χ0) is 14.7. The minimum Gasteiger partial charge on any atom is -0.481 e. The molecule has 2 N–H and O–H groups in total. The first-order valence-electron chi connectivity index (χ1n) is 5.52. The van der Waals surface area contributed by atoms with E-state index in [1.165, 1.54) is 7.11 Å². The van der Waals surface area contributed by atoms with E-state index >= 15 is 0 Å². The summed E-state index contributed by atoms with van der Waals surface area (Å²) >= 11 is 0. The largest absolute Gasteiger partial charge is 0.481 e. The topological polar surface area (TPSA) is 115 Å². The number of nitrogens with one attached hydrogen (secondary N) is 1. The van der Waals surface area contributed by atoms with E-state index in [0.717, 1.165) is 12.3 Å². The fourth-order valence-corrected chi connectivity index (χ4v) is 1.43. The zero-order valence-electron chi connectivity index (χ0n) is 10.7. The van der Waals surface area contributed by atoms with Gasteiger partial charge in [0, 0.05) is 17.8 Å². The molecule has 2 heterocycles. The fraction of sp³-hybridized carbons (Fsp3) is 0.167. The molecule has 0 aliphatic rings. The number of hydrogen-bond acceptors (Lipinski definition) is 6. The number of rotatable bonds is 4. The molecule has 2 aromatic heterocycles. The Labute approximate surface area is 113 Å². The maximum absolute atomic E-state index is 11.8. The van der Waals surface area contributed by atoms with Crippen LogP contribution in [0.2, 0.25) is 0 Å². The number of ether oxygens (including phenoxy) is 1. The number of furan rings is 1. The summed E-state index contributed by atoms with van der Waals surface area (Å²) in [5.41, 5.74) is 0.496. The summed E-state index contributed by atoms with van der Waals surface area (Å²) in [6.07, 6.45) is 0.981. The Bertz CT molecular complexity index is 665. The number of amides is 1. The third-order valence-electron chi connectivity index (χ3n) is 2.34. The highest BCUT2D eigenvalue weighted by atomic mass is 16.5. The van der Waals surface area contributed by atoms with E-state index in [9.17, 15) is 9.59 Å². The van der Waals surface area contributed by atoms with Gasteiger partial charge in [-0.05, 0) is 6.92 Å². The minimum absolute atomic E-state index is 0.0418. The lowest BCUT2D eigenvalue weighted by Gasteiger charge is -2.05. The Morgan fingerprint density at radius 1 is 1.35 bits per heavy atom. The maximum Gasteiger partial charge on any atom is 0.338 e. The first kappa shape index (κ1) is 13.5. The molecule has 0 atom stereocenters. The van der Waals surface area contributed by atoms with Crippen molar-refractivity contribution >= 4 is 17.8 Å². The lowest BCUT2D eigenvalue weighted by Crippen LogP contribution is -2.14. The van der Waals surface area contributed by atoms with Crippen LogP contribution in [0.25, 0.3) is 0 Å². The summed E-state index contributed by atoms with van der Waals surface area (Å²) in [6, 6.07) is 2.72. The number of carboxylic acids is 1. The number of methoxy groups -OCH3 is 1. The highest BCUT2D eigenvalue weighted by Gasteiger charge is 2.16. The molecule has 0 saturated heterocycles. The van der Waals surface area contributed by atoms with Gasteiger partial charge >= 0.3 is 5.97 Å². The number of nitrogens with zero attached hydrogens (tertiary/aromatic N) is 2. The molecule has 2 aromatic rings. The molecule has 0 saturated carbocycles. The van der Waals surface area contributed by atoms with Crippen LogP contribution in [-0.2, 0) is 0 Å². The summed E-state index contributed by atoms with van der Waals surface area (Å²) in [4.78, 5) is 30.5. The number of carbonyl (C=O) groups is 2. The first-order chi connectivity index (χ1) is 9.49. The number of carboxylic acid groups (broad SMARTS) is 1. The van der Waals surface area contributed by atoms with Crippen LogP contribution in [0, 0.1) is 6.92 Å². The molecule has 0 unspecified atom stereocenters. The predicted octanol–water partition coefficient (Wildman–Crippen LogP) is 1.34. The minimum atomic E-state index is -1.18. The number of aromatic nitrogens is 2. The molecule has 0 bridgehead atoms. The highest BCUT2D eigenvalue weighted by molar-refractivity contribution is 6.02. The van der Waals surface area contributed by atoms with Gasteiger partial charge in [-0.2, -0.15) is 4.98 Å². The van der Waals surface area contributed by atoms with Crippen LogP contribution >= 0.6 is 0 Å². The SMILES string of the molecule is COc1cc(C)nc(NC(=O)c2cc(C(=O)O)co2)n1. The van der Waals surface area contributed by atoms with E-state index in [1.807, 2.05) is 0 Å². The van der Waals surface area contributed by atoms with Crippen LogP contribution in [0.1, 0.15) is 26.6 Å². The maximum atomic E-state index is 11.8. The van der Waals surface area contributed by atoms with E-state index < -0.39 is 11.9 Å². The monoisotopic (exact) mass is 277 g/mol. The van der Waals surface area contributed by atoms with Gasteiger partial charge in [-0.15, -0.1) is 0 Å². The van der Waals surface area contributed by atoms with Gasteiger partial charge in [0.1, 0.15) is 6.26 Å². The smallest absolute Gasteiger partial charge is 0.338 e. The third kappa shape index (κ3) is 2.91. The van der Waals surface area contributed by atoms with Crippen molar-refractivity contribution in [3.8, 4) is 5.88 Å². The Morgan fingerprint density at radius 2 is 2.10 bits per heavy atom. The average Bonchev–Trinajstić information content (AvgIpc) is 2.87. The Hall–Kier alpha value is -2.90. The molecule has 1 amide bonds. The number of aromatic carboxylic acids is 1. The van der Waals surface area contributed by atoms with Crippen molar-refractivity contribution in [3.05, 3.63) is 35.4 Å². The van der Waals surface area contributed by atoms with Crippen molar-refractivity contribution < 1.29 is 23.8 Å². The fourth-order valence-electron chi connectivity index (χ4n) is 1.43. The summed E-state index contributed by atoms with van der Waals surface area (Å²) < 4.78 is 9.82. The van der Waals surface area contributed by atoms with Crippen molar-refractivity contribution in [2.45, 2.75) is 6.92 Å². The van der Waals surface area contributed by atoms with Crippen LogP contribution in [0.4, 0.5) is 5.95 Å². The molecule has 0 spiro atoms. The zero-order valence-corrected chi connectivity index (χ0v) is 10.7. The molecule has 0 aliphatic carbocycles. The highest BCUT2D eigenvalue weighted by Crippen LogP contribution is 2.13. The van der Waals surface area contributed by atoms with E-state index in [-0.39, 0.29) is 17.3 Å². The summed E-state index contributed by atoms with van der Waals surface area (Å²) in [5, 5.41) is 11.1. The number of aryl methyl sites for hydroxylation is 1. The predicted molar refractivity (Wildman–Crippen MR) is 66.9 cm³/mol. The second-order valence-corrected chi connectivity index (χ2v) is 3.83. The Kier molecular flexibility index (Phi) is 3.65. The van der Waals surface area contributed by atoms with Crippen molar-refractivity contribution in [3.63, 3.8) is 0 Å². The first-order valence-corrected chi connectivity index (χ1v) is 5.52. The Balaban J connectivity index is 2.18. The molecule has 8 heteroatoms. The van der Waals surface area contributed by atoms with Gasteiger partial charge < -0.3 is 14.3 Å². The lowest BCUT2D eigenvalue weighted by atomic mass is 10.3. The molecule has 20 heavy (non-hydrogen) atoms. The average molecular weight is 277 g/mol. The normalized spacial score (nSPS) is 10.1. The van der Waals surface area contributed by atoms with Crippen LogP contribution in [0.5, 0.6) is 5.88 Å². The van der Waals surface area contributed by atoms with Gasteiger partial charge in [0.2, 0.25) is 11.8 Å². The quantitative estimate of drug-likeness (QED) is 0.866. The van der Waals surface area contributed by atoms with Crippen molar-refractivity contribution in [2.75, 3.05) is 12.4 Å². The van der Waals surface area contributed by atoms with E-state index in [1.54, 1.807) is 13.0 Å². The molecular formula is C12H11N3O5. The lowest BCUT2D eigenvalue weighted by molar-refractivity contribution is 0.0696. The number of anilines is 1. The second-order valence-electron chi connectivity index (χ2n) is 3.83. The summed E-state index contributed by atoms with van der Waals surface area (Å²) in [5.74, 6) is -1.63. The number of carbonyl (C=O) groups excluding carboxylic acids is 1. The van der Waals surface area contributed by atoms with Gasteiger partial charge in [-0.3, -0.25) is 10.1 Å². The summed E-state index contributed by atoms with van der Waals surface area (Å²) in [7, 11) is 1.44. The third-order valence-corrected chi connectivity index (χ3v) is 2.34. The van der Waals surface area contributed by atoms with Gasteiger partial charge in [-0.1, -0.05) is 0 Å². The Morgan fingerprint density at radius 3 is 2.70 bits per heavy atom. The van der Waals surface area contributed by atoms with Gasteiger partial charge in [0.05, 0.1) is 12.7 Å². The van der Waals surface area contributed by atoms with Gasteiger partial charge in [0.15, 0.2) is 5.76 Å². The molecule has 0 aliphatic heterocycles. The van der Waals surface area contributed by atoms with Crippen LogP contribution < -0.4 is 10.1 Å². The van der Waals surface area contributed by atoms with Crippen molar-refractivity contribution in [1.29, 1.82) is 0 Å².